The minimum absolute atomic E-state index is 0.636. The van der Waals surface area contributed by atoms with Gasteiger partial charge in [0.15, 0.2) is 0 Å². The third-order valence-corrected chi connectivity index (χ3v) is 5.50. The molecule has 1 heterocycles. The van der Waals surface area contributed by atoms with Gasteiger partial charge in [-0.1, -0.05) is 74.0 Å². The van der Waals surface area contributed by atoms with Gasteiger partial charge in [-0.15, -0.1) is 0 Å². The standard InChI is InChI=1S/C26H23N/c1-16(2)12-18-14-19-10-11-27-26-22-7-5-4-6-20(22)23-13-17(3)8-9-21(23)24(15-18)25(19)26/h4-11,13-16H,12H2,1-3H3. The molecule has 1 aromatic heterocycles. The van der Waals surface area contributed by atoms with Crippen LogP contribution in [0.1, 0.15) is 25.0 Å². The summed E-state index contributed by atoms with van der Waals surface area (Å²) in [6, 6.07) is 22.4. The topological polar surface area (TPSA) is 12.9 Å². The van der Waals surface area contributed by atoms with Crippen molar-refractivity contribution in [2.75, 3.05) is 0 Å². The highest BCUT2D eigenvalue weighted by atomic mass is 14.7. The van der Waals surface area contributed by atoms with Crippen LogP contribution in [0.15, 0.2) is 66.9 Å². The maximum absolute atomic E-state index is 4.83. The van der Waals surface area contributed by atoms with Crippen LogP contribution < -0.4 is 0 Å². The molecule has 1 heteroatoms. The van der Waals surface area contributed by atoms with Crippen LogP contribution >= 0.6 is 0 Å². The third kappa shape index (κ3) is 2.57. The summed E-state index contributed by atoms with van der Waals surface area (Å²) in [5, 5.41) is 2.57. The Kier molecular flexibility index (Phi) is 3.65. The normalized spacial score (nSPS) is 12.0. The van der Waals surface area contributed by atoms with Crippen LogP contribution in [0.25, 0.3) is 44.3 Å². The Morgan fingerprint density at radius 2 is 1.56 bits per heavy atom. The van der Waals surface area contributed by atoms with E-state index in [0.717, 1.165) is 12.1 Å². The highest BCUT2D eigenvalue weighted by Gasteiger charge is 2.22. The van der Waals surface area contributed by atoms with E-state index in [2.05, 4.69) is 81.4 Å². The molecule has 0 N–H and O–H groups in total. The molecule has 5 rings (SSSR count). The molecule has 3 aromatic carbocycles. The molecule has 1 aliphatic carbocycles. The fourth-order valence-corrected chi connectivity index (χ4v) is 4.43. The largest absolute Gasteiger partial charge is 0.256 e. The Morgan fingerprint density at radius 3 is 2.37 bits per heavy atom. The molecule has 0 saturated heterocycles. The van der Waals surface area contributed by atoms with Gasteiger partial charge in [0.05, 0.1) is 5.69 Å². The van der Waals surface area contributed by atoms with Crippen LogP contribution in [0, 0.1) is 12.8 Å². The van der Waals surface area contributed by atoms with Crippen molar-refractivity contribution in [2.24, 2.45) is 5.92 Å². The highest BCUT2D eigenvalue weighted by Crippen LogP contribution is 2.47. The van der Waals surface area contributed by atoms with Gasteiger partial charge in [0, 0.05) is 17.1 Å². The lowest BCUT2D eigenvalue weighted by atomic mass is 9.90. The number of benzene rings is 3. The zero-order valence-electron chi connectivity index (χ0n) is 16.1. The summed E-state index contributed by atoms with van der Waals surface area (Å²) in [5.74, 6) is 0.636. The molecule has 0 aliphatic heterocycles. The predicted octanol–water partition coefficient (Wildman–Crippen LogP) is 7.06. The minimum Gasteiger partial charge on any atom is -0.256 e. The van der Waals surface area contributed by atoms with Crippen molar-refractivity contribution in [3.8, 4) is 33.5 Å². The second-order valence-electron chi connectivity index (χ2n) is 8.09. The zero-order chi connectivity index (χ0) is 18.5. The number of hydrogen-bond donors (Lipinski definition) is 0. The van der Waals surface area contributed by atoms with Gasteiger partial charge in [-0.05, 0) is 58.5 Å². The second kappa shape index (κ2) is 6.06. The molecular formula is C26H23N. The van der Waals surface area contributed by atoms with Gasteiger partial charge in [0.25, 0.3) is 0 Å². The Morgan fingerprint density at radius 1 is 0.778 bits per heavy atom. The molecule has 0 spiro atoms. The predicted molar refractivity (Wildman–Crippen MR) is 115 cm³/mol. The number of hydrogen-bond acceptors (Lipinski definition) is 1. The lowest BCUT2D eigenvalue weighted by Gasteiger charge is -2.14. The van der Waals surface area contributed by atoms with E-state index in [9.17, 15) is 0 Å². The zero-order valence-corrected chi connectivity index (χ0v) is 16.1. The molecule has 0 amide bonds. The monoisotopic (exact) mass is 349 g/mol. The van der Waals surface area contributed by atoms with Crippen molar-refractivity contribution in [1.82, 2.24) is 4.98 Å². The van der Waals surface area contributed by atoms with Gasteiger partial charge in [-0.2, -0.15) is 0 Å². The van der Waals surface area contributed by atoms with Crippen molar-refractivity contribution in [2.45, 2.75) is 27.2 Å². The first-order valence-electron chi connectivity index (χ1n) is 9.74. The lowest BCUT2D eigenvalue weighted by Crippen LogP contribution is -1.96. The average Bonchev–Trinajstić information content (AvgIpc) is 2.77. The van der Waals surface area contributed by atoms with Gasteiger partial charge < -0.3 is 0 Å². The molecule has 0 atom stereocenters. The summed E-state index contributed by atoms with van der Waals surface area (Å²) in [5.41, 5.74) is 10.2. The van der Waals surface area contributed by atoms with Crippen molar-refractivity contribution in [1.29, 1.82) is 0 Å². The van der Waals surface area contributed by atoms with Crippen LogP contribution in [0.4, 0.5) is 0 Å². The van der Waals surface area contributed by atoms with Crippen LogP contribution in [0.3, 0.4) is 0 Å². The molecule has 27 heavy (non-hydrogen) atoms. The first-order valence-corrected chi connectivity index (χ1v) is 9.74. The van der Waals surface area contributed by atoms with E-state index in [-0.39, 0.29) is 0 Å². The van der Waals surface area contributed by atoms with Crippen molar-refractivity contribution in [3.05, 3.63) is 78.0 Å². The highest BCUT2D eigenvalue weighted by molar-refractivity contribution is 6.12. The van der Waals surface area contributed by atoms with Crippen LogP contribution in [0.2, 0.25) is 0 Å². The van der Waals surface area contributed by atoms with Gasteiger partial charge in [0.1, 0.15) is 0 Å². The van der Waals surface area contributed by atoms with Crippen molar-refractivity contribution >= 4 is 10.8 Å². The molecule has 0 radical (unpaired) electrons. The Bertz CT molecular complexity index is 1180. The smallest absolute Gasteiger partial charge is 0.0792 e. The molecule has 4 aromatic rings. The SMILES string of the molecule is Cc1ccc2c(c1)-c1ccccc1-c1nccc3cc(CC(C)C)cc-2c13. The summed E-state index contributed by atoms with van der Waals surface area (Å²) >= 11 is 0. The molecule has 132 valence electrons. The molecule has 0 unspecified atom stereocenters. The number of aryl methyl sites for hydroxylation is 1. The summed E-state index contributed by atoms with van der Waals surface area (Å²) in [4.78, 5) is 4.83. The number of nitrogens with zero attached hydrogens (tertiary/aromatic N) is 1. The van der Waals surface area contributed by atoms with E-state index in [1.165, 1.54) is 49.7 Å². The molecule has 1 aliphatic rings. The quantitative estimate of drug-likeness (QED) is 0.332. The molecule has 1 nitrogen and oxygen atoms in total. The van der Waals surface area contributed by atoms with E-state index in [1.54, 1.807) is 0 Å². The number of pyridine rings is 1. The lowest BCUT2D eigenvalue weighted by molar-refractivity contribution is 0.648. The van der Waals surface area contributed by atoms with Crippen LogP contribution in [-0.2, 0) is 6.42 Å². The van der Waals surface area contributed by atoms with Crippen LogP contribution in [0.5, 0.6) is 0 Å². The van der Waals surface area contributed by atoms with E-state index in [1.807, 2.05) is 6.20 Å². The summed E-state index contributed by atoms with van der Waals surface area (Å²) < 4.78 is 0. The summed E-state index contributed by atoms with van der Waals surface area (Å²) in [7, 11) is 0. The summed E-state index contributed by atoms with van der Waals surface area (Å²) in [6.07, 6.45) is 3.05. The van der Waals surface area contributed by atoms with Gasteiger partial charge in [-0.25, -0.2) is 0 Å². The minimum atomic E-state index is 0.636. The number of aromatic nitrogens is 1. The van der Waals surface area contributed by atoms with E-state index in [0.29, 0.717) is 5.92 Å². The molecule has 0 bridgehead atoms. The van der Waals surface area contributed by atoms with E-state index in [4.69, 9.17) is 4.98 Å². The van der Waals surface area contributed by atoms with Gasteiger partial charge >= 0.3 is 0 Å². The maximum Gasteiger partial charge on any atom is 0.0792 e. The fraction of sp³-hybridized carbons (Fsp3) is 0.192. The molecule has 0 fully saturated rings. The van der Waals surface area contributed by atoms with Gasteiger partial charge in [0.2, 0.25) is 0 Å². The first kappa shape index (κ1) is 16.3. The first-order chi connectivity index (χ1) is 13.1. The van der Waals surface area contributed by atoms with Crippen molar-refractivity contribution in [3.63, 3.8) is 0 Å². The third-order valence-electron chi connectivity index (χ3n) is 5.50. The fourth-order valence-electron chi connectivity index (χ4n) is 4.43. The number of fused-ring (bicyclic) bond motifs is 5. The molecular weight excluding hydrogens is 326 g/mol. The maximum atomic E-state index is 4.83. The van der Waals surface area contributed by atoms with Crippen molar-refractivity contribution < 1.29 is 0 Å². The second-order valence-corrected chi connectivity index (χ2v) is 8.09. The van der Waals surface area contributed by atoms with Crippen LogP contribution in [-0.4, -0.2) is 4.98 Å². The Labute approximate surface area is 160 Å². The number of rotatable bonds is 2. The average molecular weight is 349 g/mol. The molecule has 0 saturated carbocycles. The van der Waals surface area contributed by atoms with Gasteiger partial charge in [-0.3, -0.25) is 4.98 Å². The Balaban J connectivity index is 1.96. The van der Waals surface area contributed by atoms with E-state index < -0.39 is 0 Å². The Hall–Kier alpha value is -2.93. The van der Waals surface area contributed by atoms with E-state index >= 15 is 0 Å². The summed E-state index contributed by atoms with van der Waals surface area (Å²) in [6.45, 7) is 6.74.